The van der Waals surface area contributed by atoms with Crippen LogP contribution in [0.25, 0.3) is 11.1 Å². The summed E-state index contributed by atoms with van der Waals surface area (Å²) in [7, 11) is 3.30. The second-order valence-corrected chi connectivity index (χ2v) is 7.85. The highest BCUT2D eigenvalue weighted by Gasteiger charge is 2.27. The van der Waals surface area contributed by atoms with Crippen molar-refractivity contribution >= 4 is 17.4 Å². The van der Waals surface area contributed by atoms with Crippen LogP contribution in [-0.4, -0.2) is 55.1 Å². The predicted molar refractivity (Wildman–Crippen MR) is 119 cm³/mol. The molecule has 7 nitrogen and oxygen atoms in total. The van der Waals surface area contributed by atoms with Crippen LogP contribution in [0.15, 0.2) is 36.5 Å². The highest BCUT2D eigenvalue weighted by molar-refractivity contribution is 6.06. The SMILES string of the molecule is COC1CNCCN(c2c(NC(=O)c3ccc(F)c(-c4c(F)cccc4F)c3F)cnn2C)C1. The number of ether oxygens (including phenoxy) is 1. The lowest BCUT2D eigenvalue weighted by atomic mass is 9.99. The molecular formula is C23H23F4N5O2. The maximum Gasteiger partial charge on any atom is 0.258 e. The molecule has 1 fully saturated rings. The number of aromatic nitrogens is 2. The third-order valence-electron chi connectivity index (χ3n) is 5.69. The fourth-order valence-corrected chi connectivity index (χ4v) is 4.01. The zero-order chi connectivity index (χ0) is 24.4. The lowest BCUT2D eigenvalue weighted by Crippen LogP contribution is -2.35. The molecule has 180 valence electrons. The molecular weight excluding hydrogens is 454 g/mol. The molecule has 0 bridgehead atoms. The summed E-state index contributed by atoms with van der Waals surface area (Å²) < 4.78 is 65.2. The molecule has 2 aromatic carbocycles. The Hall–Kier alpha value is -3.44. The van der Waals surface area contributed by atoms with Crippen molar-refractivity contribution in [3.05, 3.63) is 65.4 Å². The first-order valence-corrected chi connectivity index (χ1v) is 10.6. The van der Waals surface area contributed by atoms with Gasteiger partial charge in [-0.25, -0.2) is 17.6 Å². The molecule has 2 heterocycles. The monoisotopic (exact) mass is 477 g/mol. The van der Waals surface area contributed by atoms with Crippen molar-refractivity contribution in [2.75, 3.05) is 43.5 Å². The summed E-state index contributed by atoms with van der Waals surface area (Å²) in [4.78, 5) is 14.9. The largest absolute Gasteiger partial charge is 0.378 e. The van der Waals surface area contributed by atoms with Crippen molar-refractivity contribution in [2.45, 2.75) is 6.10 Å². The fourth-order valence-electron chi connectivity index (χ4n) is 4.01. The summed E-state index contributed by atoms with van der Waals surface area (Å²) in [6, 6.07) is 4.57. The van der Waals surface area contributed by atoms with E-state index in [1.54, 1.807) is 18.8 Å². The van der Waals surface area contributed by atoms with E-state index < -0.39 is 45.9 Å². The van der Waals surface area contributed by atoms with Gasteiger partial charge in [-0.15, -0.1) is 0 Å². The molecule has 3 aromatic rings. The number of aryl methyl sites for hydroxylation is 1. The van der Waals surface area contributed by atoms with E-state index in [1.165, 1.54) is 6.20 Å². The number of hydrogen-bond acceptors (Lipinski definition) is 5. The van der Waals surface area contributed by atoms with Gasteiger partial charge in [-0.05, 0) is 24.3 Å². The van der Waals surface area contributed by atoms with Crippen LogP contribution in [0.2, 0.25) is 0 Å². The van der Waals surface area contributed by atoms with Crippen LogP contribution in [0.1, 0.15) is 10.4 Å². The lowest BCUT2D eigenvalue weighted by Gasteiger charge is -2.26. The Morgan fingerprint density at radius 1 is 1.12 bits per heavy atom. The summed E-state index contributed by atoms with van der Waals surface area (Å²) in [5.41, 5.74) is -2.10. The molecule has 1 unspecified atom stereocenters. The molecule has 1 aromatic heterocycles. The first-order chi connectivity index (χ1) is 16.3. The minimum atomic E-state index is -1.37. The van der Waals surface area contributed by atoms with Crippen LogP contribution in [-0.2, 0) is 11.8 Å². The maximum absolute atomic E-state index is 15.3. The van der Waals surface area contributed by atoms with E-state index in [1.807, 2.05) is 4.90 Å². The van der Waals surface area contributed by atoms with E-state index in [2.05, 4.69) is 15.7 Å². The molecule has 1 aliphatic rings. The van der Waals surface area contributed by atoms with Gasteiger partial charge in [0.25, 0.3) is 5.91 Å². The third-order valence-corrected chi connectivity index (χ3v) is 5.69. The molecule has 1 atom stereocenters. The van der Waals surface area contributed by atoms with Gasteiger partial charge in [0.05, 0.1) is 29.0 Å². The van der Waals surface area contributed by atoms with Crippen LogP contribution >= 0.6 is 0 Å². The summed E-state index contributed by atoms with van der Waals surface area (Å²) >= 11 is 0. The number of methoxy groups -OCH3 is 1. The second-order valence-electron chi connectivity index (χ2n) is 7.85. The van der Waals surface area contributed by atoms with Crippen molar-refractivity contribution in [1.82, 2.24) is 15.1 Å². The number of hydrogen-bond donors (Lipinski definition) is 2. The normalized spacial score (nSPS) is 16.4. The molecule has 2 N–H and O–H groups in total. The quantitative estimate of drug-likeness (QED) is 0.552. The zero-order valence-electron chi connectivity index (χ0n) is 18.5. The average molecular weight is 477 g/mol. The van der Waals surface area contributed by atoms with Gasteiger partial charge in [0.2, 0.25) is 0 Å². The molecule has 0 spiro atoms. The van der Waals surface area contributed by atoms with Crippen molar-refractivity contribution in [1.29, 1.82) is 0 Å². The summed E-state index contributed by atoms with van der Waals surface area (Å²) in [5.74, 6) is -5.20. The van der Waals surface area contributed by atoms with Crippen LogP contribution in [0.5, 0.6) is 0 Å². The van der Waals surface area contributed by atoms with E-state index in [0.717, 1.165) is 30.3 Å². The number of nitrogens with zero attached hydrogens (tertiary/aromatic N) is 3. The second kappa shape index (κ2) is 9.82. The lowest BCUT2D eigenvalue weighted by molar-refractivity contribution is 0.102. The Morgan fingerprint density at radius 2 is 1.82 bits per heavy atom. The molecule has 0 aliphatic carbocycles. The molecule has 1 aliphatic heterocycles. The van der Waals surface area contributed by atoms with E-state index in [9.17, 15) is 18.0 Å². The smallest absolute Gasteiger partial charge is 0.258 e. The molecule has 4 rings (SSSR count). The van der Waals surface area contributed by atoms with E-state index in [4.69, 9.17) is 4.74 Å². The van der Waals surface area contributed by atoms with Crippen LogP contribution < -0.4 is 15.5 Å². The number of carbonyl (C=O) groups excluding carboxylic acids is 1. The van der Waals surface area contributed by atoms with Crippen molar-refractivity contribution in [2.24, 2.45) is 7.05 Å². The Labute approximate surface area is 193 Å². The van der Waals surface area contributed by atoms with Crippen molar-refractivity contribution < 1.29 is 27.1 Å². The number of nitrogens with one attached hydrogen (secondary N) is 2. The minimum absolute atomic E-state index is 0.103. The number of amides is 1. The van der Waals surface area contributed by atoms with E-state index in [-0.39, 0.29) is 6.10 Å². The van der Waals surface area contributed by atoms with Crippen molar-refractivity contribution in [3.8, 4) is 11.1 Å². The van der Waals surface area contributed by atoms with Gasteiger partial charge in [0, 0.05) is 40.3 Å². The van der Waals surface area contributed by atoms with Gasteiger partial charge in [0.1, 0.15) is 29.0 Å². The Morgan fingerprint density at radius 3 is 2.53 bits per heavy atom. The van der Waals surface area contributed by atoms with Crippen LogP contribution in [0.4, 0.5) is 29.1 Å². The number of rotatable bonds is 5. The Balaban J connectivity index is 1.68. The first-order valence-electron chi connectivity index (χ1n) is 10.6. The maximum atomic E-state index is 15.3. The number of halogens is 4. The van der Waals surface area contributed by atoms with Gasteiger partial charge in [-0.2, -0.15) is 5.10 Å². The molecule has 11 heteroatoms. The average Bonchev–Trinajstić information content (AvgIpc) is 3.01. The van der Waals surface area contributed by atoms with Crippen molar-refractivity contribution in [3.63, 3.8) is 0 Å². The zero-order valence-corrected chi connectivity index (χ0v) is 18.5. The summed E-state index contributed by atoms with van der Waals surface area (Å²) in [6.07, 6.45) is 1.31. The van der Waals surface area contributed by atoms with E-state index >= 15 is 4.39 Å². The Bertz CT molecular complexity index is 1200. The molecule has 1 saturated heterocycles. The number of anilines is 2. The van der Waals surface area contributed by atoms with Gasteiger partial charge in [-0.3, -0.25) is 9.48 Å². The van der Waals surface area contributed by atoms with E-state index in [0.29, 0.717) is 37.7 Å². The fraction of sp³-hybridized carbons (Fsp3) is 0.304. The highest BCUT2D eigenvalue weighted by Crippen LogP contribution is 2.33. The third kappa shape index (κ3) is 4.48. The number of benzene rings is 2. The molecule has 34 heavy (non-hydrogen) atoms. The van der Waals surface area contributed by atoms with Gasteiger partial charge < -0.3 is 20.3 Å². The predicted octanol–water partition coefficient (Wildman–Crippen LogP) is 3.32. The Kier molecular flexibility index (Phi) is 6.85. The highest BCUT2D eigenvalue weighted by atomic mass is 19.1. The summed E-state index contributed by atoms with van der Waals surface area (Å²) in [5, 5.41) is 10.0. The minimum Gasteiger partial charge on any atom is -0.378 e. The molecule has 0 saturated carbocycles. The number of carbonyl (C=O) groups is 1. The molecule has 0 radical (unpaired) electrons. The standard InChI is InChI=1S/C23H23F4N5O2/c1-31-23(32-9-8-28-10-13(12-32)34-2)18(11-29-31)30-22(33)14-6-7-17(26)20(21(14)27)19-15(24)4-3-5-16(19)25/h3-7,11,13,28H,8-10,12H2,1-2H3,(H,30,33). The van der Waals surface area contributed by atoms with Gasteiger partial charge in [-0.1, -0.05) is 6.07 Å². The van der Waals surface area contributed by atoms with Gasteiger partial charge in [0.15, 0.2) is 5.82 Å². The topological polar surface area (TPSA) is 71.4 Å². The van der Waals surface area contributed by atoms with Gasteiger partial charge >= 0.3 is 0 Å². The molecule has 1 amide bonds. The van der Waals surface area contributed by atoms with Crippen LogP contribution in [0, 0.1) is 23.3 Å². The summed E-state index contributed by atoms with van der Waals surface area (Å²) in [6.45, 7) is 2.45. The van der Waals surface area contributed by atoms with Crippen LogP contribution in [0.3, 0.4) is 0 Å². The first kappa shape index (κ1) is 23.7.